The quantitative estimate of drug-likeness (QED) is 0.904. The molecule has 0 saturated heterocycles. The van der Waals surface area contributed by atoms with Crippen molar-refractivity contribution in [2.75, 3.05) is 0 Å². The van der Waals surface area contributed by atoms with Gasteiger partial charge in [0.2, 0.25) is 0 Å². The predicted molar refractivity (Wildman–Crippen MR) is 69.1 cm³/mol. The second-order valence-corrected chi connectivity index (χ2v) is 5.02. The van der Waals surface area contributed by atoms with Gasteiger partial charge in [0.15, 0.2) is 0 Å². The molecule has 2 aromatic heterocycles. The summed E-state index contributed by atoms with van der Waals surface area (Å²) in [6.07, 6.45) is 7.25. The van der Waals surface area contributed by atoms with E-state index < -0.39 is 0 Å². The fourth-order valence-electron chi connectivity index (χ4n) is 2.80. The van der Waals surface area contributed by atoms with Crippen molar-refractivity contribution < 1.29 is 4.42 Å². The summed E-state index contributed by atoms with van der Waals surface area (Å²) in [6, 6.07) is 4.58. The van der Waals surface area contributed by atoms with Gasteiger partial charge in [-0.3, -0.25) is 4.68 Å². The van der Waals surface area contributed by atoms with Crippen molar-refractivity contribution in [1.29, 1.82) is 0 Å². The lowest BCUT2D eigenvalue weighted by Crippen LogP contribution is -2.27. The van der Waals surface area contributed by atoms with Crippen LogP contribution >= 0.6 is 0 Å². The molecule has 4 heteroatoms. The van der Waals surface area contributed by atoms with E-state index in [2.05, 4.69) is 17.3 Å². The van der Waals surface area contributed by atoms with E-state index in [1.807, 2.05) is 30.1 Å². The summed E-state index contributed by atoms with van der Waals surface area (Å²) in [5, 5.41) is 8.02. The normalized spacial score (nSPS) is 20.7. The number of fused-ring (bicyclic) bond motifs is 1. The smallest absolute Gasteiger partial charge is 0.120 e. The van der Waals surface area contributed by atoms with Crippen molar-refractivity contribution >= 4 is 0 Å². The molecular formula is C14H19N3O. The van der Waals surface area contributed by atoms with E-state index in [1.54, 1.807) is 6.26 Å². The Bertz CT molecular complexity index is 515. The molecule has 3 rings (SSSR count). The molecule has 0 radical (unpaired) electrons. The molecule has 1 unspecified atom stereocenters. The lowest BCUT2D eigenvalue weighted by atomic mass is 9.92. The second kappa shape index (κ2) is 4.61. The molecule has 96 valence electrons. The summed E-state index contributed by atoms with van der Waals surface area (Å²) in [7, 11) is 2.02. The zero-order valence-electron chi connectivity index (χ0n) is 10.9. The first-order chi connectivity index (χ1) is 8.75. The highest BCUT2D eigenvalue weighted by atomic mass is 16.3. The van der Waals surface area contributed by atoms with Crippen LogP contribution in [0, 0.1) is 0 Å². The summed E-state index contributed by atoms with van der Waals surface area (Å²) in [4.78, 5) is 0. The first-order valence-corrected chi connectivity index (χ1v) is 6.56. The molecule has 0 saturated carbocycles. The highest BCUT2D eigenvalue weighted by Crippen LogP contribution is 2.31. The summed E-state index contributed by atoms with van der Waals surface area (Å²) < 4.78 is 7.45. The Hall–Kier alpha value is -1.55. The van der Waals surface area contributed by atoms with Gasteiger partial charge in [0.05, 0.1) is 18.5 Å². The highest BCUT2D eigenvalue weighted by Gasteiger charge is 2.25. The van der Waals surface area contributed by atoms with Crippen molar-refractivity contribution in [2.45, 2.75) is 38.3 Å². The van der Waals surface area contributed by atoms with Crippen LogP contribution in [-0.2, 0) is 13.5 Å². The molecule has 2 heterocycles. The molecule has 4 nitrogen and oxygen atoms in total. The summed E-state index contributed by atoms with van der Waals surface area (Å²) in [5.74, 6) is 0.992. The van der Waals surface area contributed by atoms with E-state index in [0.717, 1.165) is 12.2 Å². The fraction of sp³-hybridized carbons (Fsp3) is 0.500. The van der Waals surface area contributed by atoms with Crippen LogP contribution in [0.4, 0.5) is 0 Å². The molecule has 1 aliphatic carbocycles. The number of aryl methyl sites for hydroxylation is 1. The largest absolute Gasteiger partial charge is 0.468 e. The van der Waals surface area contributed by atoms with Crippen LogP contribution < -0.4 is 5.32 Å². The van der Waals surface area contributed by atoms with Crippen molar-refractivity contribution in [3.8, 4) is 0 Å². The molecule has 0 amide bonds. The molecular weight excluding hydrogens is 226 g/mol. The first kappa shape index (κ1) is 11.5. The van der Waals surface area contributed by atoms with Gasteiger partial charge in [-0.15, -0.1) is 0 Å². The maximum absolute atomic E-state index is 5.45. The standard InChI is InChI=1S/C14H19N3O/c1-10(14-7-4-8-18-14)16-12-5-3-6-13-11(12)9-15-17(13)2/h4,7-10,12,16H,3,5-6H2,1-2H3/t10-,12?/m0/s1. The Labute approximate surface area is 107 Å². The van der Waals surface area contributed by atoms with Crippen LogP contribution in [0.2, 0.25) is 0 Å². The van der Waals surface area contributed by atoms with Gasteiger partial charge in [-0.2, -0.15) is 5.10 Å². The third-order valence-electron chi connectivity index (χ3n) is 3.80. The Morgan fingerprint density at radius 1 is 1.56 bits per heavy atom. The van der Waals surface area contributed by atoms with Crippen LogP contribution in [0.15, 0.2) is 29.0 Å². The lowest BCUT2D eigenvalue weighted by Gasteiger charge is -2.26. The van der Waals surface area contributed by atoms with Crippen LogP contribution in [-0.4, -0.2) is 9.78 Å². The molecule has 0 spiro atoms. The van der Waals surface area contributed by atoms with E-state index in [-0.39, 0.29) is 6.04 Å². The Morgan fingerprint density at radius 3 is 3.22 bits per heavy atom. The SMILES string of the molecule is C[C@H](NC1CCCc2c1cnn2C)c1ccco1. The van der Waals surface area contributed by atoms with Crippen LogP contribution in [0.25, 0.3) is 0 Å². The Morgan fingerprint density at radius 2 is 2.44 bits per heavy atom. The molecule has 2 aromatic rings. The van der Waals surface area contributed by atoms with Gasteiger partial charge in [-0.25, -0.2) is 0 Å². The number of rotatable bonds is 3. The molecule has 1 aliphatic rings. The number of nitrogens with zero attached hydrogens (tertiary/aromatic N) is 2. The topological polar surface area (TPSA) is 43.0 Å². The van der Waals surface area contributed by atoms with Gasteiger partial charge in [0.1, 0.15) is 5.76 Å². The summed E-state index contributed by atoms with van der Waals surface area (Å²) in [5.41, 5.74) is 2.72. The van der Waals surface area contributed by atoms with Crippen LogP contribution in [0.5, 0.6) is 0 Å². The van der Waals surface area contributed by atoms with Crippen molar-refractivity contribution in [3.63, 3.8) is 0 Å². The third-order valence-corrected chi connectivity index (χ3v) is 3.80. The number of hydrogen-bond acceptors (Lipinski definition) is 3. The molecule has 0 aromatic carbocycles. The van der Waals surface area contributed by atoms with Gasteiger partial charge in [-0.05, 0) is 38.3 Å². The van der Waals surface area contributed by atoms with Crippen LogP contribution in [0.3, 0.4) is 0 Å². The fourth-order valence-corrected chi connectivity index (χ4v) is 2.80. The van der Waals surface area contributed by atoms with Gasteiger partial charge in [0.25, 0.3) is 0 Å². The molecule has 0 fully saturated rings. The van der Waals surface area contributed by atoms with Crippen LogP contribution in [0.1, 0.15) is 48.9 Å². The monoisotopic (exact) mass is 245 g/mol. The van der Waals surface area contributed by atoms with E-state index in [1.165, 1.54) is 24.1 Å². The number of nitrogens with one attached hydrogen (secondary N) is 1. The van der Waals surface area contributed by atoms with Gasteiger partial charge in [-0.1, -0.05) is 0 Å². The average molecular weight is 245 g/mol. The first-order valence-electron chi connectivity index (χ1n) is 6.56. The van der Waals surface area contributed by atoms with E-state index in [0.29, 0.717) is 6.04 Å². The van der Waals surface area contributed by atoms with Gasteiger partial charge < -0.3 is 9.73 Å². The van der Waals surface area contributed by atoms with Gasteiger partial charge in [0, 0.05) is 24.3 Å². The van der Waals surface area contributed by atoms with Crippen molar-refractivity contribution in [2.24, 2.45) is 7.05 Å². The second-order valence-electron chi connectivity index (χ2n) is 5.02. The number of hydrogen-bond donors (Lipinski definition) is 1. The molecule has 0 bridgehead atoms. The maximum atomic E-state index is 5.45. The minimum absolute atomic E-state index is 0.233. The Balaban J connectivity index is 1.78. The number of aromatic nitrogens is 2. The summed E-state index contributed by atoms with van der Waals surface area (Å²) >= 11 is 0. The molecule has 18 heavy (non-hydrogen) atoms. The van der Waals surface area contributed by atoms with Crippen molar-refractivity contribution in [1.82, 2.24) is 15.1 Å². The van der Waals surface area contributed by atoms with Gasteiger partial charge >= 0.3 is 0 Å². The lowest BCUT2D eigenvalue weighted by molar-refractivity contribution is 0.365. The van der Waals surface area contributed by atoms with E-state index >= 15 is 0 Å². The highest BCUT2D eigenvalue weighted by molar-refractivity contribution is 5.25. The molecule has 0 aliphatic heterocycles. The molecule has 1 N–H and O–H groups in total. The number of furan rings is 1. The predicted octanol–water partition coefficient (Wildman–Crippen LogP) is 2.74. The Kier molecular flexibility index (Phi) is 2.96. The minimum Gasteiger partial charge on any atom is -0.468 e. The average Bonchev–Trinajstić information content (AvgIpc) is 3.00. The minimum atomic E-state index is 0.233. The molecule has 2 atom stereocenters. The zero-order valence-corrected chi connectivity index (χ0v) is 10.9. The zero-order chi connectivity index (χ0) is 12.5. The third kappa shape index (κ3) is 1.97. The van der Waals surface area contributed by atoms with E-state index in [9.17, 15) is 0 Å². The maximum Gasteiger partial charge on any atom is 0.120 e. The van der Waals surface area contributed by atoms with Crippen molar-refractivity contribution in [3.05, 3.63) is 41.6 Å². The van der Waals surface area contributed by atoms with E-state index in [4.69, 9.17) is 4.42 Å². The summed E-state index contributed by atoms with van der Waals surface area (Å²) in [6.45, 7) is 2.14.